The van der Waals surface area contributed by atoms with Gasteiger partial charge in [0.15, 0.2) is 0 Å². The Morgan fingerprint density at radius 2 is 0.792 bits per heavy atom. The van der Waals surface area contributed by atoms with Crippen LogP contribution in [0.4, 0.5) is 17.1 Å². The number of furan rings is 1. The molecule has 53 heavy (non-hydrogen) atoms. The third-order valence-corrected chi connectivity index (χ3v) is 10.2. The lowest BCUT2D eigenvalue weighted by atomic mass is 10.0. The van der Waals surface area contributed by atoms with E-state index in [-0.39, 0.29) is 0 Å². The molecule has 0 fully saturated rings. The topological polar surface area (TPSA) is 21.3 Å². The van der Waals surface area contributed by atoms with E-state index in [0.29, 0.717) is 0 Å². The molecule has 0 atom stereocenters. The van der Waals surface area contributed by atoms with Crippen molar-refractivity contribution in [2.24, 2.45) is 0 Å². The summed E-state index contributed by atoms with van der Waals surface area (Å²) in [7, 11) is 0. The molecular weight excluding hydrogens is 645 g/mol. The second-order valence-corrected chi connectivity index (χ2v) is 13.4. The van der Waals surface area contributed by atoms with E-state index in [0.717, 1.165) is 61.5 Å². The molecule has 0 unspecified atom stereocenters. The maximum atomic E-state index is 6.52. The van der Waals surface area contributed by atoms with Crippen molar-refractivity contribution in [1.29, 1.82) is 0 Å². The Balaban J connectivity index is 1.06. The first-order valence-corrected chi connectivity index (χ1v) is 18.0. The highest BCUT2D eigenvalue weighted by Gasteiger charge is 2.20. The van der Waals surface area contributed by atoms with Gasteiger partial charge in [-0.1, -0.05) is 140 Å². The van der Waals surface area contributed by atoms with Crippen molar-refractivity contribution in [2.45, 2.75) is 0 Å². The maximum Gasteiger partial charge on any atom is 0.213 e. The summed E-state index contributed by atoms with van der Waals surface area (Å²) in [5.41, 5.74) is 14.4. The molecule has 0 N–H and O–H groups in total. The maximum absolute atomic E-state index is 6.52. The van der Waals surface area contributed by atoms with E-state index in [1.807, 2.05) is 12.1 Å². The van der Waals surface area contributed by atoms with Crippen LogP contribution < -0.4 is 4.90 Å². The lowest BCUT2D eigenvalue weighted by molar-refractivity contribution is 0.645. The van der Waals surface area contributed by atoms with Crippen LogP contribution in [0.15, 0.2) is 211 Å². The van der Waals surface area contributed by atoms with E-state index >= 15 is 0 Å². The van der Waals surface area contributed by atoms with Gasteiger partial charge >= 0.3 is 0 Å². The van der Waals surface area contributed by atoms with Gasteiger partial charge in [0.1, 0.15) is 5.58 Å². The Labute approximate surface area is 308 Å². The standard InChI is InChI=1S/C50H34N2O/c1-4-12-35(13-5-1)37-20-27-42(28-21-37)51(43-29-22-38(23-30-43)36-14-6-2-7-15-36)44-31-24-39(25-32-44)40-26-33-47-46(34-40)49-45-18-10-11-19-48(45)53-50(49)52(47)41-16-8-3-9-17-41/h1-34H. The van der Waals surface area contributed by atoms with E-state index in [2.05, 4.69) is 204 Å². The molecular formula is C50H34N2O. The SMILES string of the molecule is c1ccc(-c2ccc(N(c3ccc(-c4ccccc4)cc3)c3ccc(-c4ccc5c(c4)c4c6ccccc6oc4n5-c4ccccc4)cc3)cc2)cc1. The minimum absolute atomic E-state index is 0.868. The third kappa shape index (κ3) is 5.47. The van der Waals surface area contributed by atoms with Gasteiger partial charge in [0.05, 0.1) is 10.9 Å². The molecule has 0 bridgehead atoms. The number of anilines is 3. The van der Waals surface area contributed by atoms with Gasteiger partial charge in [0.2, 0.25) is 5.71 Å². The number of hydrogen-bond donors (Lipinski definition) is 0. The number of fused-ring (bicyclic) bond motifs is 5. The Bertz CT molecular complexity index is 2750. The Kier molecular flexibility index (Phi) is 7.47. The molecule has 0 saturated carbocycles. The molecule has 8 aromatic carbocycles. The second-order valence-electron chi connectivity index (χ2n) is 13.4. The van der Waals surface area contributed by atoms with Crippen molar-refractivity contribution in [3.05, 3.63) is 206 Å². The van der Waals surface area contributed by atoms with E-state index in [1.165, 1.54) is 27.6 Å². The van der Waals surface area contributed by atoms with Crippen molar-refractivity contribution in [1.82, 2.24) is 4.57 Å². The summed E-state index contributed by atoms with van der Waals surface area (Å²) in [6.07, 6.45) is 0. The molecule has 0 saturated heterocycles. The first-order valence-electron chi connectivity index (χ1n) is 18.0. The Morgan fingerprint density at radius 1 is 0.358 bits per heavy atom. The van der Waals surface area contributed by atoms with Crippen LogP contribution in [0.5, 0.6) is 0 Å². The molecule has 0 amide bonds. The smallest absolute Gasteiger partial charge is 0.213 e. The molecule has 3 heteroatoms. The minimum Gasteiger partial charge on any atom is -0.439 e. The summed E-state index contributed by atoms with van der Waals surface area (Å²) in [6, 6.07) is 73.3. The van der Waals surface area contributed by atoms with Gasteiger partial charge in [-0.2, -0.15) is 0 Å². The lowest BCUT2D eigenvalue weighted by Gasteiger charge is -2.26. The summed E-state index contributed by atoms with van der Waals surface area (Å²) in [5.74, 6) is 0. The molecule has 250 valence electrons. The van der Waals surface area contributed by atoms with E-state index in [9.17, 15) is 0 Å². The first-order chi connectivity index (χ1) is 26.3. The van der Waals surface area contributed by atoms with E-state index in [4.69, 9.17) is 4.42 Å². The zero-order valence-electron chi connectivity index (χ0n) is 28.9. The van der Waals surface area contributed by atoms with Crippen LogP contribution >= 0.6 is 0 Å². The van der Waals surface area contributed by atoms with Crippen molar-refractivity contribution < 1.29 is 4.42 Å². The highest BCUT2D eigenvalue weighted by molar-refractivity contribution is 6.20. The summed E-state index contributed by atoms with van der Waals surface area (Å²) in [6.45, 7) is 0. The zero-order valence-corrected chi connectivity index (χ0v) is 28.9. The van der Waals surface area contributed by atoms with Crippen LogP contribution in [-0.4, -0.2) is 4.57 Å². The number of para-hydroxylation sites is 2. The monoisotopic (exact) mass is 678 g/mol. The molecule has 3 nitrogen and oxygen atoms in total. The van der Waals surface area contributed by atoms with Crippen molar-refractivity contribution in [3.8, 4) is 39.1 Å². The molecule has 10 rings (SSSR count). The zero-order chi connectivity index (χ0) is 35.1. The average Bonchev–Trinajstić information content (AvgIpc) is 3.77. The summed E-state index contributed by atoms with van der Waals surface area (Å²) in [5, 5.41) is 3.44. The van der Waals surface area contributed by atoms with Crippen molar-refractivity contribution in [3.63, 3.8) is 0 Å². The van der Waals surface area contributed by atoms with Gasteiger partial charge < -0.3 is 9.32 Å². The van der Waals surface area contributed by atoms with Gasteiger partial charge in [0, 0.05) is 33.5 Å². The number of aromatic nitrogens is 1. The quantitative estimate of drug-likeness (QED) is 0.167. The van der Waals surface area contributed by atoms with Crippen LogP contribution in [-0.2, 0) is 0 Å². The summed E-state index contributed by atoms with van der Waals surface area (Å²) >= 11 is 0. The van der Waals surface area contributed by atoms with Gasteiger partial charge in [0.25, 0.3) is 0 Å². The molecule has 0 aliphatic rings. The summed E-state index contributed by atoms with van der Waals surface area (Å²) in [4.78, 5) is 2.33. The molecule has 0 spiro atoms. The Hall–Kier alpha value is -7.10. The fraction of sp³-hybridized carbons (Fsp3) is 0. The molecule has 10 aromatic rings. The highest BCUT2D eigenvalue weighted by Crippen LogP contribution is 2.42. The van der Waals surface area contributed by atoms with Gasteiger partial charge in [-0.15, -0.1) is 0 Å². The van der Waals surface area contributed by atoms with Crippen LogP contribution in [0.3, 0.4) is 0 Å². The van der Waals surface area contributed by atoms with Crippen LogP contribution in [0.25, 0.3) is 72.0 Å². The Morgan fingerprint density at radius 3 is 1.34 bits per heavy atom. The fourth-order valence-electron chi connectivity index (χ4n) is 7.62. The largest absolute Gasteiger partial charge is 0.439 e. The molecule has 0 aliphatic carbocycles. The number of rotatable bonds is 7. The highest BCUT2D eigenvalue weighted by atomic mass is 16.3. The summed E-state index contributed by atoms with van der Waals surface area (Å²) < 4.78 is 8.75. The third-order valence-electron chi connectivity index (χ3n) is 10.2. The number of benzene rings is 8. The van der Waals surface area contributed by atoms with Crippen LogP contribution in [0.2, 0.25) is 0 Å². The first kappa shape index (κ1) is 30.7. The average molecular weight is 679 g/mol. The normalized spacial score (nSPS) is 11.4. The predicted octanol–water partition coefficient (Wildman–Crippen LogP) is 14.0. The number of nitrogens with zero attached hydrogens (tertiary/aromatic N) is 2. The van der Waals surface area contributed by atoms with Gasteiger partial charge in [-0.3, -0.25) is 4.57 Å². The van der Waals surface area contributed by atoms with Crippen molar-refractivity contribution in [2.75, 3.05) is 4.90 Å². The lowest BCUT2D eigenvalue weighted by Crippen LogP contribution is -2.09. The molecule has 2 aromatic heterocycles. The predicted molar refractivity (Wildman–Crippen MR) is 222 cm³/mol. The van der Waals surface area contributed by atoms with Crippen LogP contribution in [0.1, 0.15) is 0 Å². The van der Waals surface area contributed by atoms with E-state index < -0.39 is 0 Å². The number of hydrogen-bond acceptors (Lipinski definition) is 2. The molecule has 0 radical (unpaired) electrons. The van der Waals surface area contributed by atoms with Gasteiger partial charge in [-0.25, -0.2) is 0 Å². The molecule has 2 heterocycles. The van der Waals surface area contributed by atoms with Crippen LogP contribution in [0, 0.1) is 0 Å². The minimum atomic E-state index is 0.868. The second kappa shape index (κ2) is 12.9. The fourth-order valence-corrected chi connectivity index (χ4v) is 7.62. The van der Waals surface area contributed by atoms with Gasteiger partial charge in [-0.05, 0) is 100 Å². The van der Waals surface area contributed by atoms with E-state index in [1.54, 1.807) is 0 Å². The molecule has 0 aliphatic heterocycles. The van der Waals surface area contributed by atoms with Crippen molar-refractivity contribution >= 4 is 50.0 Å².